The van der Waals surface area contributed by atoms with Crippen molar-refractivity contribution in [3.8, 4) is 0 Å². The molecule has 0 aliphatic carbocycles. The Bertz CT molecular complexity index is 1030. The van der Waals surface area contributed by atoms with Crippen LogP contribution in [0.2, 0.25) is 0 Å². The van der Waals surface area contributed by atoms with Crippen LogP contribution in [0, 0.1) is 12.8 Å². The summed E-state index contributed by atoms with van der Waals surface area (Å²) in [5.41, 5.74) is 2.66. The third-order valence-corrected chi connectivity index (χ3v) is 6.59. The molecule has 1 atom stereocenters. The molecule has 30 heavy (non-hydrogen) atoms. The minimum absolute atomic E-state index is 0.0807. The number of amides is 1. The molecule has 1 aromatic carbocycles. The van der Waals surface area contributed by atoms with Crippen molar-refractivity contribution in [3.05, 3.63) is 70.2 Å². The van der Waals surface area contributed by atoms with E-state index in [0.29, 0.717) is 28.8 Å². The van der Waals surface area contributed by atoms with E-state index in [2.05, 4.69) is 54.5 Å². The lowest BCUT2D eigenvalue weighted by atomic mass is 10.1. The number of thioether (sulfide) groups is 1. The number of hydrogen-bond donors (Lipinski definition) is 1. The molecule has 0 saturated carbocycles. The molecule has 3 aromatic rings. The molecule has 3 heterocycles. The highest BCUT2D eigenvalue weighted by Crippen LogP contribution is 2.27. The van der Waals surface area contributed by atoms with Crippen molar-refractivity contribution in [2.24, 2.45) is 5.92 Å². The SMILES string of the molecule is Cc1cc(CSc2ncccc2C(=O)NCC2CCN(c3cccc(Br)c3)C2)no1. The van der Waals surface area contributed by atoms with Crippen molar-refractivity contribution in [1.29, 1.82) is 0 Å². The number of carbonyl (C=O) groups excluding carboxylic acids is 1. The Morgan fingerprint density at radius 3 is 3.03 bits per heavy atom. The molecule has 0 bridgehead atoms. The van der Waals surface area contributed by atoms with Crippen molar-refractivity contribution < 1.29 is 9.32 Å². The zero-order valence-electron chi connectivity index (χ0n) is 16.7. The van der Waals surface area contributed by atoms with Crippen LogP contribution in [0.5, 0.6) is 0 Å². The lowest BCUT2D eigenvalue weighted by Gasteiger charge is -2.19. The van der Waals surface area contributed by atoms with Crippen LogP contribution >= 0.6 is 27.7 Å². The number of rotatable bonds is 7. The van der Waals surface area contributed by atoms with E-state index in [-0.39, 0.29) is 5.91 Å². The highest BCUT2D eigenvalue weighted by Gasteiger charge is 2.24. The number of aryl methyl sites for hydroxylation is 1. The van der Waals surface area contributed by atoms with Crippen LogP contribution in [0.15, 0.2) is 62.7 Å². The zero-order valence-corrected chi connectivity index (χ0v) is 19.1. The molecule has 6 nitrogen and oxygen atoms in total. The molecule has 4 rings (SSSR count). The number of anilines is 1. The van der Waals surface area contributed by atoms with Gasteiger partial charge in [0, 0.05) is 47.8 Å². The van der Waals surface area contributed by atoms with Gasteiger partial charge in [0.05, 0.1) is 11.3 Å². The Hall–Kier alpha value is -2.32. The molecular formula is C22H23BrN4O2S. The fourth-order valence-corrected chi connectivity index (χ4v) is 4.81. The average molecular weight is 487 g/mol. The zero-order chi connectivity index (χ0) is 20.9. The fourth-order valence-electron chi connectivity index (χ4n) is 3.55. The molecule has 1 aliphatic rings. The third-order valence-electron chi connectivity index (χ3n) is 5.06. The lowest BCUT2D eigenvalue weighted by Crippen LogP contribution is -2.31. The van der Waals surface area contributed by atoms with Gasteiger partial charge in [-0.1, -0.05) is 38.9 Å². The molecule has 1 saturated heterocycles. The maximum atomic E-state index is 12.8. The topological polar surface area (TPSA) is 71.3 Å². The molecular weight excluding hydrogens is 464 g/mol. The maximum absolute atomic E-state index is 12.8. The van der Waals surface area contributed by atoms with Gasteiger partial charge < -0.3 is 14.7 Å². The molecule has 1 amide bonds. The van der Waals surface area contributed by atoms with Crippen molar-refractivity contribution >= 4 is 39.3 Å². The number of hydrogen-bond acceptors (Lipinski definition) is 6. The minimum Gasteiger partial charge on any atom is -0.371 e. The van der Waals surface area contributed by atoms with E-state index in [1.807, 2.05) is 25.1 Å². The molecule has 2 aromatic heterocycles. The summed E-state index contributed by atoms with van der Waals surface area (Å²) in [7, 11) is 0. The fraction of sp³-hybridized carbons (Fsp3) is 0.318. The number of halogens is 1. The second-order valence-corrected chi connectivity index (χ2v) is 9.24. The normalized spacial score (nSPS) is 16.1. The monoisotopic (exact) mass is 486 g/mol. The summed E-state index contributed by atoms with van der Waals surface area (Å²) in [6, 6.07) is 13.9. The first kappa shape index (κ1) is 20.9. The summed E-state index contributed by atoms with van der Waals surface area (Å²) < 4.78 is 6.19. The summed E-state index contributed by atoms with van der Waals surface area (Å²) in [5.74, 6) is 1.73. The first-order chi connectivity index (χ1) is 14.6. The largest absolute Gasteiger partial charge is 0.371 e. The second-order valence-electron chi connectivity index (χ2n) is 7.36. The predicted molar refractivity (Wildman–Crippen MR) is 122 cm³/mol. The Morgan fingerprint density at radius 2 is 2.23 bits per heavy atom. The molecule has 1 unspecified atom stereocenters. The Labute approximate surface area is 188 Å². The van der Waals surface area contributed by atoms with Gasteiger partial charge in [-0.2, -0.15) is 0 Å². The number of benzene rings is 1. The molecule has 1 N–H and O–H groups in total. The van der Waals surface area contributed by atoms with Gasteiger partial charge in [0.1, 0.15) is 10.8 Å². The van der Waals surface area contributed by atoms with Gasteiger partial charge >= 0.3 is 0 Å². The maximum Gasteiger partial charge on any atom is 0.254 e. The van der Waals surface area contributed by atoms with Crippen LogP contribution in [-0.2, 0) is 5.75 Å². The van der Waals surface area contributed by atoms with Crippen molar-refractivity contribution in [1.82, 2.24) is 15.5 Å². The summed E-state index contributed by atoms with van der Waals surface area (Å²) in [4.78, 5) is 19.6. The first-order valence-corrected chi connectivity index (χ1v) is 11.6. The summed E-state index contributed by atoms with van der Waals surface area (Å²) in [6.45, 7) is 4.46. The van der Waals surface area contributed by atoms with Crippen molar-refractivity contribution in [2.75, 3.05) is 24.5 Å². The Morgan fingerprint density at radius 1 is 1.33 bits per heavy atom. The molecule has 0 radical (unpaired) electrons. The van der Waals surface area contributed by atoms with Gasteiger partial charge in [-0.3, -0.25) is 4.79 Å². The van der Waals surface area contributed by atoms with Crippen LogP contribution in [0.4, 0.5) is 5.69 Å². The van der Waals surface area contributed by atoms with Crippen molar-refractivity contribution in [2.45, 2.75) is 24.1 Å². The van der Waals surface area contributed by atoms with Gasteiger partial charge in [0.15, 0.2) is 0 Å². The number of pyridine rings is 1. The van der Waals surface area contributed by atoms with E-state index in [4.69, 9.17) is 4.52 Å². The van der Waals surface area contributed by atoms with E-state index in [0.717, 1.165) is 35.4 Å². The quantitative estimate of drug-likeness (QED) is 0.488. The van der Waals surface area contributed by atoms with Crippen LogP contribution < -0.4 is 10.2 Å². The van der Waals surface area contributed by atoms with Crippen LogP contribution in [0.25, 0.3) is 0 Å². The van der Waals surface area contributed by atoms with E-state index in [9.17, 15) is 4.79 Å². The molecule has 8 heteroatoms. The smallest absolute Gasteiger partial charge is 0.254 e. The lowest BCUT2D eigenvalue weighted by molar-refractivity contribution is 0.0944. The summed E-state index contributed by atoms with van der Waals surface area (Å²) >= 11 is 5.03. The molecule has 1 aliphatic heterocycles. The number of aromatic nitrogens is 2. The second kappa shape index (κ2) is 9.66. The molecule has 156 valence electrons. The number of nitrogens with zero attached hydrogens (tertiary/aromatic N) is 3. The van der Waals surface area contributed by atoms with Gasteiger partial charge in [0.2, 0.25) is 0 Å². The van der Waals surface area contributed by atoms with E-state index in [1.54, 1.807) is 12.3 Å². The minimum atomic E-state index is -0.0807. The molecule has 1 fully saturated rings. The number of carbonyl (C=O) groups is 1. The van der Waals surface area contributed by atoms with Gasteiger partial charge in [0.25, 0.3) is 5.91 Å². The van der Waals surface area contributed by atoms with Crippen LogP contribution in [-0.4, -0.2) is 35.7 Å². The van der Waals surface area contributed by atoms with Gasteiger partial charge in [-0.15, -0.1) is 0 Å². The standard InChI is InChI=1S/C22H23BrN4O2S/c1-15-10-18(26-29-15)14-30-22-20(6-3-8-24-22)21(28)25-12-16-7-9-27(13-16)19-5-2-4-17(23)11-19/h2-6,8,10-11,16H,7,9,12-14H2,1H3,(H,25,28). The van der Waals surface area contributed by atoms with E-state index in [1.165, 1.54) is 17.4 Å². The summed E-state index contributed by atoms with van der Waals surface area (Å²) in [5, 5.41) is 7.81. The predicted octanol–water partition coefficient (Wildman–Crippen LogP) is 4.69. The first-order valence-electron chi connectivity index (χ1n) is 9.87. The highest BCUT2D eigenvalue weighted by atomic mass is 79.9. The highest BCUT2D eigenvalue weighted by molar-refractivity contribution is 9.10. The van der Waals surface area contributed by atoms with Crippen molar-refractivity contribution in [3.63, 3.8) is 0 Å². The Kier molecular flexibility index (Phi) is 6.74. The van der Waals surface area contributed by atoms with E-state index < -0.39 is 0 Å². The van der Waals surface area contributed by atoms with Crippen LogP contribution in [0.3, 0.4) is 0 Å². The average Bonchev–Trinajstić information content (AvgIpc) is 3.40. The number of nitrogens with one attached hydrogen (secondary N) is 1. The van der Waals surface area contributed by atoms with Gasteiger partial charge in [-0.25, -0.2) is 4.98 Å². The van der Waals surface area contributed by atoms with Gasteiger partial charge in [-0.05, 0) is 49.6 Å². The summed E-state index contributed by atoms with van der Waals surface area (Å²) in [6.07, 6.45) is 2.77. The van der Waals surface area contributed by atoms with Crippen LogP contribution in [0.1, 0.15) is 28.2 Å². The van der Waals surface area contributed by atoms with E-state index >= 15 is 0 Å². The third kappa shape index (κ3) is 5.23. The Balaban J connectivity index is 1.32. The molecule has 0 spiro atoms.